The summed E-state index contributed by atoms with van der Waals surface area (Å²) in [5.41, 5.74) is 4.42. The van der Waals surface area contributed by atoms with Gasteiger partial charge in [0, 0.05) is 40.8 Å². The molecule has 7 heteroatoms. The van der Waals surface area contributed by atoms with Crippen LogP contribution in [0, 0.1) is 11.3 Å². The SMILES string of the molecule is C=CC1(C)C2CC[NH+]3[C@H]([C@H](O)c4ccnc5ccccc45)C[C@]231.O=C1C[C@H](c2ccccc2)c2cc(C(=O)[O-])ccc2O1. The van der Waals surface area contributed by atoms with Crippen LogP contribution in [0.2, 0.25) is 0 Å². The summed E-state index contributed by atoms with van der Waals surface area (Å²) in [7, 11) is 0. The van der Waals surface area contributed by atoms with E-state index >= 15 is 0 Å². The summed E-state index contributed by atoms with van der Waals surface area (Å²) in [6.45, 7) is 7.62. The van der Waals surface area contributed by atoms with Crippen molar-refractivity contribution in [2.24, 2.45) is 11.3 Å². The van der Waals surface area contributed by atoms with Crippen LogP contribution in [0.15, 0.2) is 97.7 Å². The number of aliphatic hydroxyl groups is 1. The molecule has 2 N–H and O–H groups in total. The fourth-order valence-corrected chi connectivity index (χ4v) is 8.49. The molecule has 3 aromatic carbocycles. The van der Waals surface area contributed by atoms with Gasteiger partial charge < -0.3 is 24.6 Å². The first kappa shape index (κ1) is 27.5. The third-order valence-electron chi connectivity index (χ3n) is 10.7. The van der Waals surface area contributed by atoms with E-state index in [0.717, 1.165) is 34.4 Å². The summed E-state index contributed by atoms with van der Waals surface area (Å²) in [5.74, 6) is -0.545. The molecule has 4 aliphatic rings. The quantitative estimate of drug-likeness (QED) is 0.215. The molecule has 0 bridgehead atoms. The first-order valence-corrected chi connectivity index (χ1v) is 14.9. The number of piperidine rings is 1. The Hall–Kier alpha value is -4.33. The van der Waals surface area contributed by atoms with E-state index in [-0.39, 0.29) is 29.3 Å². The molecule has 1 aliphatic carbocycles. The highest BCUT2D eigenvalue weighted by Crippen LogP contribution is 2.69. The molecule has 1 aromatic heterocycles. The Morgan fingerprint density at radius 1 is 1.14 bits per heavy atom. The number of carboxylic acids is 1. The summed E-state index contributed by atoms with van der Waals surface area (Å²) in [5, 5.41) is 23.1. The van der Waals surface area contributed by atoms with Gasteiger partial charge in [-0.3, -0.25) is 9.78 Å². The standard InChI is InChI=1S/C20H22N2O.C16H12O4/c1-3-19(2)17-9-11-22-16(12-20(17,19)22)18(23)14-8-10-21-15-7-5-4-6-13(14)15;17-15-9-12(10-4-2-1-3-5-10)13-8-11(16(18)19)6-7-14(13)20-15/h3-8,10,16-18,23H,1,9,11-12H2,2H3;1-8,12H,9H2,(H,18,19)/t16-,17?,18+,19?,20+;12-/m01/s1. The number of hydrogen-bond acceptors (Lipinski definition) is 6. The second-order valence-corrected chi connectivity index (χ2v) is 12.4. The van der Waals surface area contributed by atoms with Crippen molar-refractivity contribution < 1.29 is 29.4 Å². The number of esters is 1. The van der Waals surface area contributed by atoms with Gasteiger partial charge in [-0.1, -0.05) is 54.6 Å². The normalized spacial score (nSPS) is 30.3. The van der Waals surface area contributed by atoms with E-state index in [1.165, 1.54) is 31.2 Å². The molecule has 7 atom stereocenters. The van der Waals surface area contributed by atoms with Gasteiger partial charge in [-0.15, -0.1) is 6.58 Å². The zero-order valence-corrected chi connectivity index (χ0v) is 24.0. The van der Waals surface area contributed by atoms with E-state index in [1.807, 2.05) is 60.8 Å². The maximum Gasteiger partial charge on any atom is 0.312 e. The summed E-state index contributed by atoms with van der Waals surface area (Å²) >= 11 is 0. The fourth-order valence-electron chi connectivity index (χ4n) is 8.49. The van der Waals surface area contributed by atoms with Crippen LogP contribution in [0.3, 0.4) is 0 Å². The van der Waals surface area contributed by atoms with Crippen LogP contribution in [0.4, 0.5) is 0 Å². The molecule has 3 fully saturated rings. The second-order valence-electron chi connectivity index (χ2n) is 12.4. The Labute approximate surface area is 250 Å². The highest BCUT2D eigenvalue weighted by atomic mass is 16.5. The van der Waals surface area contributed by atoms with Crippen LogP contribution in [0.25, 0.3) is 10.9 Å². The molecule has 4 aromatic rings. The van der Waals surface area contributed by atoms with E-state index in [2.05, 4.69) is 30.6 Å². The number of para-hydroxylation sites is 1. The number of fused-ring (bicyclic) bond motifs is 2. The molecule has 43 heavy (non-hydrogen) atoms. The monoisotopic (exact) mass is 574 g/mol. The van der Waals surface area contributed by atoms with Crippen molar-refractivity contribution in [3.05, 3.63) is 120 Å². The van der Waals surface area contributed by atoms with Crippen LogP contribution in [0.1, 0.15) is 65.3 Å². The number of quaternary nitrogens is 1. The Morgan fingerprint density at radius 3 is 2.65 bits per heavy atom. The minimum absolute atomic E-state index is 0.0858. The highest BCUT2D eigenvalue weighted by Gasteiger charge is 2.87. The summed E-state index contributed by atoms with van der Waals surface area (Å²) < 4.78 is 5.17. The van der Waals surface area contributed by atoms with Gasteiger partial charge in [-0.05, 0) is 53.9 Å². The van der Waals surface area contributed by atoms with Gasteiger partial charge in [0.25, 0.3) is 0 Å². The number of ether oxygens (including phenoxy) is 1. The largest absolute Gasteiger partial charge is 0.545 e. The Morgan fingerprint density at radius 2 is 1.91 bits per heavy atom. The summed E-state index contributed by atoms with van der Waals surface area (Å²) in [6, 6.07) is 24.3. The minimum Gasteiger partial charge on any atom is -0.545 e. The number of rotatable bonds is 5. The Bertz CT molecular complexity index is 1750. The van der Waals surface area contributed by atoms with Crippen LogP contribution in [-0.2, 0) is 4.79 Å². The predicted molar refractivity (Wildman–Crippen MR) is 159 cm³/mol. The third-order valence-corrected chi connectivity index (χ3v) is 10.7. The van der Waals surface area contributed by atoms with Crippen molar-refractivity contribution in [3.63, 3.8) is 0 Å². The number of hydrogen-bond donors (Lipinski definition) is 2. The molecule has 1 spiro atoms. The van der Waals surface area contributed by atoms with Gasteiger partial charge >= 0.3 is 5.97 Å². The summed E-state index contributed by atoms with van der Waals surface area (Å²) in [4.78, 5) is 28.7. The zero-order chi connectivity index (χ0) is 29.9. The highest BCUT2D eigenvalue weighted by molar-refractivity contribution is 5.87. The molecule has 218 valence electrons. The number of aromatic nitrogens is 1. The number of nitrogens with zero attached hydrogens (tertiary/aromatic N) is 1. The lowest BCUT2D eigenvalue weighted by Gasteiger charge is -2.48. The van der Waals surface area contributed by atoms with Crippen LogP contribution in [0.5, 0.6) is 5.75 Å². The number of benzene rings is 3. The van der Waals surface area contributed by atoms with Gasteiger partial charge in [0.2, 0.25) is 0 Å². The number of pyridine rings is 1. The van der Waals surface area contributed by atoms with E-state index in [4.69, 9.17) is 4.74 Å². The van der Waals surface area contributed by atoms with E-state index < -0.39 is 12.1 Å². The molecule has 4 heterocycles. The van der Waals surface area contributed by atoms with Crippen molar-refractivity contribution in [2.75, 3.05) is 6.54 Å². The molecule has 8 rings (SSSR count). The van der Waals surface area contributed by atoms with Crippen molar-refractivity contribution in [1.82, 2.24) is 4.98 Å². The molecular weight excluding hydrogens is 540 g/mol. The molecule has 3 unspecified atom stereocenters. The van der Waals surface area contributed by atoms with Gasteiger partial charge in [-0.25, -0.2) is 0 Å². The van der Waals surface area contributed by atoms with Crippen LogP contribution < -0.4 is 14.7 Å². The lowest BCUT2D eigenvalue weighted by molar-refractivity contribution is -1.01. The Kier molecular flexibility index (Phi) is 6.49. The minimum atomic E-state index is -1.24. The lowest BCUT2D eigenvalue weighted by atomic mass is 9.79. The topological polar surface area (TPSA) is 104 Å². The summed E-state index contributed by atoms with van der Waals surface area (Å²) in [6.07, 6.45) is 6.18. The molecular formula is C36H34N2O5. The number of aliphatic hydroxyl groups excluding tert-OH is 1. The van der Waals surface area contributed by atoms with E-state index in [0.29, 0.717) is 22.9 Å². The molecule has 7 nitrogen and oxygen atoms in total. The van der Waals surface area contributed by atoms with E-state index in [1.54, 1.807) is 4.90 Å². The maximum absolute atomic E-state index is 11.7. The Balaban J connectivity index is 0.000000141. The first-order chi connectivity index (χ1) is 20.8. The van der Waals surface area contributed by atoms with Gasteiger partial charge in [-0.2, -0.15) is 0 Å². The molecule has 2 saturated heterocycles. The van der Waals surface area contributed by atoms with Crippen LogP contribution in [-0.4, -0.2) is 40.2 Å². The van der Waals surface area contributed by atoms with E-state index in [9.17, 15) is 19.8 Å². The van der Waals surface area contributed by atoms with Gasteiger partial charge in [0.05, 0.1) is 30.9 Å². The molecule has 0 amide bonds. The van der Waals surface area contributed by atoms with Gasteiger partial charge in [0.15, 0.2) is 0 Å². The number of aromatic carboxylic acids is 1. The zero-order valence-electron chi connectivity index (χ0n) is 24.0. The smallest absolute Gasteiger partial charge is 0.312 e. The fraction of sp³-hybridized carbons (Fsp3) is 0.306. The number of carbonyl (C=O) groups excluding carboxylic acids is 2. The second kappa shape index (κ2) is 10.1. The average Bonchev–Trinajstić information content (AvgIpc) is 3.43. The van der Waals surface area contributed by atoms with Crippen LogP contribution >= 0.6 is 0 Å². The number of nitrogens with one attached hydrogen (secondary N) is 1. The molecule has 0 radical (unpaired) electrons. The first-order valence-electron chi connectivity index (χ1n) is 14.9. The molecule has 3 aliphatic heterocycles. The van der Waals surface area contributed by atoms with Crippen molar-refractivity contribution in [1.29, 1.82) is 0 Å². The number of carboxylic acid groups (broad SMARTS) is 1. The average molecular weight is 575 g/mol. The van der Waals surface area contributed by atoms with Crippen molar-refractivity contribution in [3.8, 4) is 5.75 Å². The van der Waals surface area contributed by atoms with Crippen molar-refractivity contribution in [2.45, 2.75) is 49.8 Å². The predicted octanol–water partition coefficient (Wildman–Crippen LogP) is 3.38. The maximum atomic E-state index is 11.7. The molecule has 1 saturated carbocycles. The van der Waals surface area contributed by atoms with Gasteiger partial charge in [0.1, 0.15) is 23.4 Å². The lowest BCUT2D eigenvalue weighted by Crippen LogP contribution is -3.27. The number of carbonyl (C=O) groups is 2. The third kappa shape index (κ3) is 4.13. The van der Waals surface area contributed by atoms with Crippen molar-refractivity contribution >= 4 is 22.8 Å².